The van der Waals surface area contributed by atoms with E-state index < -0.39 is 64.7 Å². The lowest BCUT2D eigenvalue weighted by Crippen LogP contribution is -2.62. The second kappa shape index (κ2) is 13.7. The zero-order valence-electron chi connectivity index (χ0n) is 27.7. The van der Waals surface area contributed by atoms with E-state index in [2.05, 4.69) is 21.3 Å². The molecule has 13 nitrogen and oxygen atoms in total. The normalized spacial score (nSPS) is 23.2. The van der Waals surface area contributed by atoms with E-state index >= 15 is 0 Å². The van der Waals surface area contributed by atoms with Crippen molar-refractivity contribution in [3.05, 3.63) is 0 Å². The molecule has 4 N–H and O–H groups in total. The number of urea groups is 1. The molecule has 0 aromatic rings. The number of hydrogen-bond acceptors (Lipinski definition) is 7. The van der Waals surface area contributed by atoms with Crippen LogP contribution in [0.3, 0.4) is 0 Å². The van der Waals surface area contributed by atoms with Crippen LogP contribution in [-0.4, -0.2) is 104 Å². The maximum Gasteiger partial charge on any atom is 0.409 e. The van der Waals surface area contributed by atoms with E-state index in [1.54, 1.807) is 14.1 Å². The van der Waals surface area contributed by atoms with E-state index in [4.69, 9.17) is 4.74 Å². The smallest absolute Gasteiger partial charge is 0.409 e. The van der Waals surface area contributed by atoms with Crippen molar-refractivity contribution in [1.82, 2.24) is 31.1 Å². The van der Waals surface area contributed by atoms with Gasteiger partial charge in [-0.3, -0.25) is 19.2 Å². The minimum Gasteiger partial charge on any atom is -0.447 e. The van der Waals surface area contributed by atoms with Crippen LogP contribution in [0, 0.1) is 28.6 Å². The van der Waals surface area contributed by atoms with Crippen molar-refractivity contribution in [2.24, 2.45) is 28.6 Å². The van der Waals surface area contributed by atoms with Gasteiger partial charge in [-0.15, -0.1) is 0 Å². The second-order valence-corrected chi connectivity index (χ2v) is 14.9. The molecule has 3 aliphatic rings. The molecule has 2 aliphatic carbocycles. The first kappa shape index (κ1) is 35.1. The highest BCUT2D eigenvalue weighted by Crippen LogP contribution is 2.50. The topological polar surface area (TPSA) is 166 Å². The van der Waals surface area contributed by atoms with Crippen molar-refractivity contribution in [3.63, 3.8) is 0 Å². The van der Waals surface area contributed by atoms with Gasteiger partial charge in [0.2, 0.25) is 17.6 Å². The fourth-order valence-electron chi connectivity index (χ4n) is 5.80. The van der Waals surface area contributed by atoms with Crippen molar-refractivity contribution in [1.29, 1.82) is 0 Å². The molecule has 0 radical (unpaired) electrons. The first-order chi connectivity index (χ1) is 20.3. The molecule has 248 valence electrons. The predicted octanol–water partition coefficient (Wildman–Crippen LogP) is 1.65. The number of nitrogens with zero attached hydrogens (tertiary/aromatic N) is 2. The first-order valence-corrected chi connectivity index (χ1v) is 15.6. The molecule has 6 atom stereocenters. The zero-order chi connectivity index (χ0) is 33.1. The number of nitrogens with one attached hydrogen (secondary N) is 4. The standard InChI is InChI=1S/C31H52N6O7/c1-30(2,3)21(16-44-29(43)36(8)9)34-28(42)35-24(31(4,5)6)27(41)37-15-18-14-19(18)22(37)25(39)33-20(13-17-11-10-12-17)23(38)26(40)32-7/h17-22,24H,10-16H2,1-9H3,(H,32,40)(H,33,39)(H2,34,35,42)/t18-,19-,20?,21+,22?,24+/m0/s1. The van der Waals surface area contributed by atoms with E-state index in [0.717, 1.165) is 25.7 Å². The van der Waals surface area contributed by atoms with Crippen molar-refractivity contribution in [3.8, 4) is 0 Å². The SMILES string of the molecule is CNC(=O)C(=O)C(CC1CCC1)NC(=O)C1[C@H]2C[C@H]2CN1C(=O)[C@@H](NC(=O)N[C@H](COC(=O)N(C)C)C(C)(C)C)C(C)(C)C. The monoisotopic (exact) mass is 620 g/mol. The lowest BCUT2D eigenvalue weighted by molar-refractivity contribution is -0.144. The summed E-state index contributed by atoms with van der Waals surface area (Å²) in [4.78, 5) is 80.9. The molecule has 0 spiro atoms. The summed E-state index contributed by atoms with van der Waals surface area (Å²) in [5, 5.41) is 10.9. The minimum atomic E-state index is -0.974. The van der Waals surface area contributed by atoms with Crippen LogP contribution in [0.2, 0.25) is 0 Å². The Morgan fingerprint density at radius 3 is 2.07 bits per heavy atom. The van der Waals surface area contributed by atoms with Crippen molar-refractivity contribution >= 4 is 35.6 Å². The van der Waals surface area contributed by atoms with Gasteiger partial charge >= 0.3 is 12.1 Å². The van der Waals surface area contributed by atoms with Gasteiger partial charge in [0, 0.05) is 27.7 Å². The van der Waals surface area contributed by atoms with E-state index in [1.165, 1.54) is 16.8 Å². The molecule has 1 aliphatic heterocycles. The van der Waals surface area contributed by atoms with Crippen LogP contribution in [0.5, 0.6) is 0 Å². The number of carbonyl (C=O) groups excluding carboxylic acids is 6. The summed E-state index contributed by atoms with van der Waals surface area (Å²) in [5.41, 5.74) is -1.18. The molecule has 3 rings (SSSR count). The first-order valence-electron chi connectivity index (χ1n) is 15.6. The number of amides is 6. The Hall–Kier alpha value is -3.38. The molecule has 0 aromatic heterocycles. The third-order valence-corrected chi connectivity index (χ3v) is 9.06. The van der Waals surface area contributed by atoms with Gasteiger partial charge in [-0.2, -0.15) is 0 Å². The summed E-state index contributed by atoms with van der Waals surface area (Å²) in [6.45, 7) is 11.5. The maximum atomic E-state index is 14.1. The molecule has 0 aromatic carbocycles. The predicted molar refractivity (Wildman–Crippen MR) is 163 cm³/mol. The second-order valence-electron chi connectivity index (χ2n) is 14.9. The number of Topliss-reactive ketones (excluding diaryl/α,β-unsaturated/α-hetero) is 1. The summed E-state index contributed by atoms with van der Waals surface area (Å²) in [6.07, 6.45) is 3.60. The van der Waals surface area contributed by atoms with Crippen LogP contribution >= 0.6 is 0 Å². The lowest BCUT2D eigenvalue weighted by Gasteiger charge is -2.38. The molecule has 3 fully saturated rings. The van der Waals surface area contributed by atoms with Gasteiger partial charge in [0.05, 0.1) is 12.1 Å². The molecule has 1 heterocycles. The highest BCUT2D eigenvalue weighted by atomic mass is 16.6. The summed E-state index contributed by atoms with van der Waals surface area (Å²) in [7, 11) is 4.51. The van der Waals surface area contributed by atoms with Gasteiger partial charge in [0.1, 0.15) is 18.7 Å². The average molecular weight is 621 g/mol. The van der Waals surface area contributed by atoms with Crippen molar-refractivity contribution in [2.45, 2.75) is 97.8 Å². The Balaban J connectivity index is 1.74. The Labute approximate surface area is 260 Å². The Morgan fingerprint density at radius 2 is 1.57 bits per heavy atom. The van der Waals surface area contributed by atoms with Gasteiger partial charge in [0.25, 0.3) is 5.91 Å². The zero-order valence-corrected chi connectivity index (χ0v) is 27.7. The fraction of sp³-hybridized carbons (Fsp3) is 0.806. The Morgan fingerprint density at radius 1 is 0.932 bits per heavy atom. The number of hydrogen-bond donors (Lipinski definition) is 4. The van der Waals surface area contributed by atoms with Gasteiger partial charge in [-0.05, 0) is 41.4 Å². The van der Waals surface area contributed by atoms with Gasteiger partial charge in [0.15, 0.2) is 0 Å². The number of ether oxygens (including phenoxy) is 1. The van der Waals surface area contributed by atoms with E-state index in [0.29, 0.717) is 13.0 Å². The number of carbonyl (C=O) groups is 6. The average Bonchev–Trinajstić information content (AvgIpc) is 3.56. The maximum absolute atomic E-state index is 14.1. The van der Waals surface area contributed by atoms with Crippen molar-refractivity contribution in [2.75, 3.05) is 34.3 Å². The number of likely N-dealkylation sites (tertiary alicyclic amines) is 1. The van der Waals surface area contributed by atoms with Gasteiger partial charge < -0.3 is 35.8 Å². The number of likely N-dealkylation sites (N-methyl/N-ethyl adjacent to an activating group) is 1. The molecule has 0 bridgehead atoms. The largest absolute Gasteiger partial charge is 0.447 e. The van der Waals surface area contributed by atoms with Crippen LogP contribution in [0.4, 0.5) is 9.59 Å². The molecule has 2 saturated carbocycles. The highest BCUT2D eigenvalue weighted by Gasteiger charge is 2.58. The van der Waals surface area contributed by atoms with Crippen molar-refractivity contribution < 1.29 is 33.5 Å². The van der Waals surface area contributed by atoms with E-state index in [-0.39, 0.29) is 30.3 Å². The lowest BCUT2D eigenvalue weighted by atomic mass is 9.80. The number of rotatable bonds is 11. The van der Waals surface area contributed by atoms with Crippen LogP contribution in [-0.2, 0) is 23.9 Å². The highest BCUT2D eigenvalue weighted by molar-refractivity contribution is 6.38. The summed E-state index contributed by atoms with van der Waals surface area (Å²) in [6, 6.07) is -3.87. The number of fused-ring (bicyclic) bond motifs is 1. The molecule has 2 unspecified atom stereocenters. The van der Waals surface area contributed by atoms with Gasteiger partial charge in [-0.1, -0.05) is 60.8 Å². The van der Waals surface area contributed by atoms with Gasteiger partial charge in [-0.25, -0.2) is 9.59 Å². The van der Waals surface area contributed by atoms with E-state index in [9.17, 15) is 28.8 Å². The van der Waals surface area contributed by atoms with Crippen LogP contribution in [0.1, 0.15) is 73.6 Å². The van der Waals surface area contributed by atoms with Crippen LogP contribution in [0.15, 0.2) is 0 Å². The molecular formula is C31H52N6O7. The third kappa shape index (κ3) is 8.62. The molecule has 44 heavy (non-hydrogen) atoms. The Kier molecular flexibility index (Phi) is 10.9. The quantitative estimate of drug-likeness (QED) is 0.255. The molecule has 13 heteroatoms. The third-order valence-electron chi connectivity index (χ3n) is 9.06. The summed E-state index contributed by atoms with van der Waals surface area (Å²) in [5.74, 6) is -1.89. The number of piperidine rings is 1. The molecular weight excluding hydrogens is 568 g/mol. The molecule has 1 saturated heterocycles. The summed E-state index contributed by atoms with van der Waals surface area (Å²) >= 11 is 0. The minimum absolute atomic E-state index is 0.0375. The number of ketones is 1. The fourth-order valence-corrected chi connectivity index (χ4v) is 5.80. The Bertz CT molecular complexity index is 1120. The van der Waals surface area contributed by atoms with Crippen LogP contribution in [0.25, 0.3) is 0 Å². The van der Waals surface area contributed by atoms with E-state index in [1.807, 2.05) is 41.5 Å². The summed E-state index contributed by atoms with van der Waals surface area (Å²) < 4.78 is 5.33. The van der Waals surface area contributed by atoms with Crippen LogP contribution < -0.4 is 21.3 Å². The molecule has 6 amide bonds.